The molecule has 5 rings (SSSR count). The quantitative estimate of drug-likeness (QED) is 0.563. The fourth-order valence-corrected chi connectivity index (χ4v) is 6.71. The van der Waals surface area contributed by atoms with Crippen LogP contribution in [0.1, 0.15) is 55.4 Å². The maximum Gasteiger partial charge on any atom is 0.321 e. The summed E-state index contributed by atoms with van der Waals surface area (Å²) in [4.78, 5) is 32.2. The highest BCUT2D eigenvalue weighted by molar-refractivity contribution is 6.30. The first kappa shape index (κ1) is 28.1. The molecule has 2 aromatic carbocycles. The lowest BCUT2D eigenvalue weighted by Crippen LogP contribution is -2.56. The van der Waals surface area contributed by atoms with Crippen LogP contribution in [0.15, 0.2) is 36.4 Å². The van der Waals surface area contributed by atoms with Crippen LogP contribution in [0.3, 0.4) is 0 Å². The van der Waals surface area contributed by atoms with Crippen LogP contribution in [0, 0.1) is 11.7 Å². The molecule has 39 heavy (non-hydrogen) atoms. The molecule has 1 aliphatic carbocycles. The summed E-state index contributed by atoms with van der Waals surface area (Å²) in [5, 5.41) is 10.4. The number of halogens is 2. The number of nitrogens with zero attached hydrogens (tertiary/aromatic N) is 3. The third-order valence-electron chi connectivity index (χ3n) is 8.89. The minimum atomic E-state index is -0.829. The second kappa shape index (κ2) is 11.2. The van der Waals surface area contributed by atoms with Crippen molar-refractivity contribution in [1.29, 1.82) is 0 Å². The lowest BCUT2D eigenvalue weighted by Gasteiger charge is -2.39. The molecule has 3 atom stereocenters. The lowest BCUT2D eigenvalue weighted by atomic mass is 9.87. The van der Waals surface area contributed by atoms with Crippen LogP contribution in [-0.4, -0.2) is 82.5 Å². The Hall–Kier alpha value is -2.48. The second-order valence-electron chi connectivity index (χ2n) is 12.3. The summed E-state index contributed by atoms with van der Waals surface area (Å²) in [6.07, 6.45) is 3.79. The molecule has 2 aromatic rings. The number of carbonyl (C=O) groups excluding carboxylic acids is 1. The molecule has 1 amide bonds. The smallest absolute Gasteiger partial charge is 0.321 e. The Balaban J connectivity index is 1.27. The Kier molecular flexibility index (Phi) is 8.05. The summed E-state index contributed by atoms with van der Waals surface area (Å²) in [5.41, 5.74) is 4.17. The minimum absolute atomic E-state index is 0.0197. The molecule has 6 nitrogen and oxygen atoms in total. The highest BCUT2D eigenvalue weighted by atomic mass is 35.5. The number of aryl methyl sites for hydroxylation is 2. The van der Waals surface area contributed by atoms with Crippen LogP contribution in [-0.2, 0) is 28.9 Å². The summed E-state index contributed by atoms with van der Waals surface area (Å²) in [5.74, 6) is -1.81. The fourth-order valence-electron chi connectivity index (χ4n) is 6.56. The van der Waals surface area contributed by atoms with Crippen LogP contribution in [0.2, 0.25) is 5.02 Å². The molecular formula is C31H39ClFN3O3. The first-order chi connectivity index (χ1) is 18.5. The predicted molar refractivity (Wildman–Crippen MR) is 151 cm³/mol. The van der Waals surface area contributed by atoms with E-state index in [9.17, 15) is 19.1 Å². The van der Waals surface area contributed by atoms with Gasteiger partial charge in [0, 0.05) is 55.7 Å². The van der Waals surface area contributed by atoms with Gasteiger partial charge in [-0.15, -0.1) is 0 Å². The van der Waals surface area contributed by atoms with Gasteiger partial charge < -0.3 is 10.0 Å². The predicted octanol–water partition coefficient (Wildman–Crippen LogP) is 4.62. The van der Waals surface area contributed by atoms with E-state index in [1.54, 1.807) is 12.1 Å². The van der Waals surface area contributed by atoms with E-state index in [-0.39, 0.29) is 29.1 Å². The number of piperazine rings is 1. The molecule has 210 valence electrons. The minimum Gasteiger partial charge on any atom is -0.480 e. The van der Waals surface area contributed by atoms with Crippen molar-refractivity contribution in [2.45, 2.75) is 64.0 Å². The average Bonchev–Trinajstić information content (AvgIpc) is 3.54. The molecule has 2 fully saturated rings. The first-order valence-electron chi connectivity index (χ1n) is 14.1. The normalized spacial score (nSPS) is 23.2. The number of amides is 1. The SMILES string of the molecule is CC(C)(C)N1C[C@@H](C(=O)N2CCN([C@@H](Cc3ccc4c(c3)CCC4)C(=O)O)CC2)[C@H](c2ccc(Cl)cc2F)C1. The number of carboxylic acids is 1. The molecule has 0 bridgehead atoms. The van der Waals surface area contributed by atoms with Crippen molar-refractivity contribution in [3.8, 4) is 0 Å². The summed E-state index contributed by atoms with van der Waals surface area (Å²) < 4.78 is 15.0. The highest BCUT2D eigenvalue weighted by Crippen LogP contribution is 2.39. The zero-order valence-electron chi connectivity index (χ0n) is 23.1. The molecule has 1 N–H and O–H groups in total. The molecule has 0 aromatic heterocycles. The molecule has 2 saturated heterocycles. The maximum absolute atomic E-state index is 15.0. The van der Waals surface area contributed by atoms with E-state index < -0.39 is 12.0 Å². The Morgan fingerprint density at radius 1 is 1.03 bits per heavy atom. The van der Waals surface area contributed by atoms with Crippen LogP contribution >= 0.6 is 11.6 Å². The van der Waals surface area contributed by atoms with Crippen LogP contribution < -0.4 is 0 Å². The Labute approximate surface area is 235 Å². The number of rotatable bonds is 6. The van der Waals surface area contributed by atoms with Gasteiger partial charge in [-0.25, -0.2) is 4.39 Å². The van der Waals surface area contributed by atoms with Gasteiger partial charge in [-0.3, -0.25) is 19.4 Å². The largest absolute Gasteiger partial charge is 0.480 e. The standard InChI is InChI=1S/C31H39ClFN3O3/c1-31(2,3)36-18-25(24-10-9-23(32)17-27(24)33)26(19-36)29(37)35-13-11-34(12-14-35)28(30(38)39)16-20-7-8-21-5-4-6-22(21)15-20/h7-10,15,17,25-26,28H,4-6,11-14,16,18-19H2,1-3H3,(H,38,39)/t25-,26+,28-/m0/s1. The Morgan fingerprint density at radius 3 is 2.41 bits per heavy atom. The number of aliphatic carboxylic acids is 1. The van der Waals surface area contributed by atoms with Crippen molar-refractivity contribution in [2.75, 3.05) is 39.3 Å². The van der Waals surface area contributed by atoms with E-state index >= 15 is 0 Å². The van der Waals surface area contributed by atoms with Crippen molar-refractivity contribution < 1.29 is 19.1 Å². The second-order valence-corrected chi connectivity index (χ2v) is 12.8. The highest BCUT2D eigenvalue weighted by Gasteiger charge is 2.45. The van der Waals surface area contributed by atoms with E-state index in [2.05, 4.69) is 43.9 Å². The van der Waals surface area contributed by atoms with Gasteiger partial charge in [0.15, 0.2) is 0 Å². The Bertz CT molecular complexity index is 1240. The third kappa shape index (κ3) is 6.01. The molecule has 8 heteroatoms. The summed E-state index contributed by atoms with van der Waals surface area (Å²) in [6, 6.07) is 10.5. The van der Waals surface area contributed by atoms with Gasteiger partial charge in [-0.05, 0) is 80.8 Å². The summed E-state index contributed by atoms with van der Waals surface area (Å²) >= 11 is 6.01. The number of carbonyl (C=O) groups is 2. The van der Waals surface area contributed by atoms with Crippen LogP contribution in [0.4, 0.5) is 4.39 Å². The number of hydrogen-bond donors (Lipinski definition) is 1. The third-order valence-corrected chi connectivity index (χ3v) is 9.13. The van der Waals surface area contributed by atoms with Gasteiger partial charge in [0.2, 0.25) is 5.91 Å². The van der Waals surface area contributed by atoms with Gasteiger partial charge in [-0.1, -0.05) is 35.9 Å². The number of carboxylic acid groups (broad SMARTS) is 1. The lowest BCUT2D eigenvalue weighted by molar-refractivity contribution is -0.145. The fraction of sp³-hybridized carbons (Fsp3) is 0.548. The van der Waals surface area contributed by atoms with Gasteiger partial charge >= 0.3 is 5.97 Å². The average molecular weight is 556 g/mol. The van der Waals surface area contributed by atoms with E-state index in [0.717, 1.165) is 24.8 Å². The molecule has 0 saturated carbocycles. The molecule has 0 unspecified atom stereocenters. The molecule has 2 heterocycles. The molecule has 0 spiro atoms. The summed E-state index contributed by atoms with van der Waals surface area (Å²) in [6.45, 7) is 9.43. The zero-order chi connectivity index (χ0) is 27.9. The van der Waals surface area contributed by atoms with Crippen molar-refractivity contribution >= 4 is 23.5 Å². The van der Waals surface area contributed by atoms with Crippen molar-refractivity contribution in [3.05, 3.63) is 69.5 Å². The number of benzene rings is 2. The maximum atomic E-state index is 15.0. The van der Waals surface area contributed by atoms with Crippen LogP contribution in [0.25, 0.3) is 0 Å². The van der Waals surface area contributed by atoms with E-state index in [1.807, 2.05) is 9.80 Å². The number of likely N-dealkylation sites (tertiary alicyclic amines) is 1. The monoisotopic (exact) mass is 555 g/mol. The van der Waals surface area contributed by atoms with Gasteiger partial charge in [0.05, 0.1) is 5.92 Å². The van der Waals surface area contributed by atoms with Gasteiger partial charge in [-0.2, -0.15) is 0 Å². The van der Waals surface area contributed by atoms with Crippen molar-refractivity contribution in [1.82, 2.24) is 14.7 Å². The first-order valence-corrected chi connectivity index (χ1v) is 14.5. The number of hydrogen-bond acceptors (Lipinski definition) is 4. The zero-order valence-corrected chi connectivity index (χ0v) is 23.9. The topological polar surface area (TPSA) is 64.1 Å². The summed E-state index contributed by atoms with van der Waals surface area (Å²) in [7, 11) is 0. The van der Waals surface area contributed by atoms with Crippen molar-refractivity contribution in [3.63, 3.8) is 0 Å². The van der Waals surface area contributed by atoms with Gasteiger partial charge in [0.1, 0.15) is 11.9 Å². The molecule has 2 aliphatic heterocycles. The van der Waals surface area contributed by atoms with E-state index in [4.69, 9.17) is 11.6 Å². The molecule has 3 aliphatic rings. The van der Waals surface area contributed by atoms with E-state index in [1.165, 1.54) is 17.2 Å². The Morgan fingerprint density at radius 2 is 1.74 bits per heavy atom. The molecule has 0 radical (unpaired) electrons. The van der Waals surface area contributed by atoms with Gasteiger partial charge in [0.25, 0.3) is 0 Å². The van der Waals surface area contributed by atoms with Crippen LogP contribution in [0.5, 0.6) is 0 Å². The number of fused-ring (bicyclic) bond motifs is 1. The van der Waals surface area contributed by atoms with Crippen molar-refractivity contribution in [2.24, 2.45) is 5.92 Å². The van der Waals surface area contributed by atoms with E-state index in [0.29, 0.717) is 56.3 Å². The molecular weight excluding hydrogens is 517 g/mol.